The van der Waals surface area contributed by atoms with E-state index in [4.69, 9.17) is 29.3 Å². The molecule has 5 atom stereocenters. The predicted octanol–water partition coefficient (Wildman–Crippen LogP) is -0.158. The Balaban J connectivity index is 2.60. The number of rotatable bonds is 9. The zero-order valence-corrected chi connectivity index (χ0v) is 14.4. The van der Waals surface area contributed by atoms with Gasteiger partial charge in [-0.25, -0.2) is 13.7 Å². The summed E-state index contributed by atoms with van der Waals surface area (Å²) in [6.45, 7) is 0.448. The first-order valence-corrected chi connectivity index (χ1v) is 10.5. The van der Waals surface area contributed by atoms with Crippen LogP contribution in [0.5, 0.6) is 0 Å². The van der Waals surface area contributed by atoms with Gasteiger partial charge in [-0.15, -0.1) is 0 Å². The Morgan fingerprint density at radius 2 is 1.70 bits per heavy atom. The second-order valence-corrected chi connectivity index (χ2v) is 8.86. The standard InChI is InChI=1S/C7H17O13P3/c1-5-2-6(16-4-8)7(18-5)3-17-22(12,13)20-23(14,15)19-21(9,10)11/h5-8H,2-4H2,1H3,(H,12,13)(H,14,15)(H2,9,10,11)/t5-,6-,7+/m0/s1. The first kappa shape index (κ1) is 21.3. The van der Waals surface area contributed by atoms with E-state index in [0.717, 1.165) is 0 Å². The van der Waals surface area contributed by atoms with E-state index < -0.39 is 49.1 Å². The van der Waals surface area contributed by atoms with Gasteiger partial charge in [0.15, 0.2) is 0 Å². The minimum absolute atomic E-state index is 0.291. The fourth-order valence-corrected chi connectivity index (χ4v) is 4.84. The smallest absolute Gasteiger partial charge is 0.371 e. The highest BCUT2D eigenvalue weighted by atomic mass is 31.3. The molecular weight excluding hydrogens is 385 g/mol. The number of phosphoric acid groups is 3. The van der Waals surface area contributed by atoms with Gasteiger partial charge < -0.3 is 34.2 Å². The molecule has 1 heterocycles. The van der Waals surface area contributed by atoms with E-state index in [-0.39, 0.29) is 6.10 Å². The summed E-state index contributed by atoms with van der Waals surface area (Å²) in [5, 5.41) is 8.71. The molecule has 1 saturated heterocycles. The van der Waals surface area contributed by atoms with E-state index in [9.17, 15) is 18.6 Å². The Kier molecular flexibility index (Phi) is 7.52. The molecule has 0 radical (unpaired) electrons. The van der Waals surface area contributed by atoms with Crippen molar-refractivity contribution in [2.45, 2.75) is 31.7 Å². The summed E-state index contributed by atoms with van der Waals surface area (Å²) in [7, 11) is -16.2. The van der Waals surface area contributed by atoms with E-state index in [1.54, 1.807) is 6.92 Å². The minimum Gasteiger partial charge on any atom is -0.371 e. The fourth-order valence-electron chi connectivity index (χ4n) is 1.81. The summed E-state index contributed by atoms with van der Waals surface area (Å²) in [5.41, 5.74) is 0. The number of hydrogen-bond donors (Lipinski definition) is 5. The maximum Gasteiger partial charge on any atom is 0.490 e. The molecule has 1 aliphatic rings. The third kappa shape index (κ3) is 8.28. The molecule has 138 valence electrons. The molecule has 2 unspecified atom stereocenters. The monoisotopic (exact) mass is 402 g/mol. The Morgan fingerprint density at radius 1 is 1.09 bits per heavy atom. The Labute approximate surface area is 130 Å². The van der Waals surface area contributed by atoms with Crippen LogP contribution in [0.25, 0.3) is 0 Å². The highest BCUT2D eigenvalue weighted by molar-refractivity contribution is 7.66. The van der Waals surface area contributed by atoms with E-state index in [2.05, 4.69) is 13.1 Å². The second kappa shape index (κ2) is 8.11. The first-order chi connectivity index (χ1) is 10.3. The Hall–Kier alpha value is 0.290. The molecule has 5 N–H and O–H groups in total. The number of aliphatic hydroxyl groups excluding tert-OH is 1. The van der Waals surface area contributed by atoms with Gasteiger partial charge in [-0.1, -0.05) is 0 Å². The largest absolute Gasteiger partial charge is 0.490 e. The van der Waals surface area contributed by atoms with Gasteiger partial charge in [0.05, 0.1) is 18.8 Å². The molecule has 0 aromatic heterocycles. The lowest BCUT2D eigenvalue weighted by molar-refractivity contribution is -0.0894. The molecule has 0 aromatic rings. The van der Waals surface area contributed by atoms with Crippen molar-refractivity contribution in [3.63, 3.8) is 0 Å². The fraction of sp³-hybridized carbons (Fsp3) is 1.00. The average Bonchev–Trinajstić information content (AvgIpc) is 2.63. The lowest BCUT2D eigenvalue weighted by Crippen LogP contribution is -2.29. The molecule has 0 bridgehead atoms. The van der Waals surface area contributed by atoms with Crippen LogP contribution >= 0.6 is 23.5 Å². The molecule has 0 aromatic carbocycles. The van der Waals surface area contributed by atoms with Gasteiger partial charge >= 0.3 is 23.5 Å². The molecule has 0 aliphatic carbocycles. The molecule has 13 nitrogen and oxygen atoms in total. The zero-order chi connectivity index (χ0) is 17.9. The molecule has 0 amide bonds. The average molecular weight is 402 g/mol. The second-order valence-electron chi connectivity index (χ2n) is 4.44. The third-order valence-corrected chi connectivity index (χ3v) is 6.30. The lowest BCUT2D eigenvalue weighted by atomic mass is 10.1. The number of hydrogen-bond acceptors (Lipinski definition) is 9. The van der Waals surface area contributed by atoms with Gasteiger partial charge in [0.2, 0.25) is 0 Å². The summed E-state index contributed by atoms with van der Waals surface area (Å²) < 4.78 is 54.9. The van der Waals surface area contributed by atoms with Crippen molar-refractivity contribution in [3.8, 4) is 0 Å². The van der Waals surface area contributed by atoms with Crippen LogP contribution in [0.4, 0.5) is 0 Å². The minimum atomic E-state index is -5.55. The van der Waals surface area contributed by atoms with Crippen LogP contribution in [0.2, 0.25) is 0 Å². The van der Waals surface area contributed by atoms with Gasteiger partial charge in [-0.05, 0) is 6.92 Å². The van der Waals surface area contributed by atoms with Crippen LogP contribution in [0, 0.1) is 0 Å². The highest BCUT2D eigenvalue weighted by Gasteiger charge is 2.42. The van der Waals surface area contributed by atoms with Crippen LogP contribution in [-0.4, -0.2) is 56.4 Å². The summed E-state index contributed by atoms with van der Waals surface area (Å²) in [5.74, 6) is 0. The Bertz CT molecular complexity index is 530. The zero-order valence-electron chi connectivity index (χ0n) is 11.7. The highest BCUT2D eigenvalue weighted by Crippen LogP contribution is 2.66. The summed E-state index contributed by atoms with van der Waals surface area (Å²) in [4.78, 5) is 35.0. The van der Waals surface area contributed by atoms with Crippen molar-refractivity contribution in [2.24, 2.45) is 0 Å². The maximum atomic E-state index is 11.5. The van der Waals surface area contributed by atoms with E-state index in [0.29, 0.717) is 6.42 Å². The normalized spacial score (nSPS) is 30.8. The van der Waals surface area contributed by atoms with Gasteiger partial charge in [-0.3, -0.25) is 4.52 Å². The van der Waals surface area contributed by atoms with Gasteiger partial charge in [0, 0.05) is 6.42 Å². The summed E-state index contributed by atoms with van der Waals surface area (Å²) >= 11 is 0. The van der Waals surface area contributed by atoms with E-state index >= 15 is 0 Å². The van der Waals surface area contributed by atoms with Gasteiger partial charge in [0.25, 0.3) is 0 Å². The van der Waals surface area contributed by atoms with Crippen LogP contribution < -0.4 is 0 Å². The molecule has 0 spiro atoms. The van der Waals surface area contributed by atoms with E-state index in [1.807, 2.05) is 0 Å². The summed E-state index contributed by atoms with van der Waals surface area (Å²) in [6.07, 6.45) is -1.45. The van der Waals surface area contributed by atoms with Crippen molar-refractivity contribution >= 4 is 23.5 Å². The number of aliphatic hydroxyl groups is 1. The summed E-state index contributed by atoms with van der Waals surface area (Å²) in [6, 6.07) is 0. The topological polar surface area (TPSA) is 199 Å². The molecule has 23 heavy (non-hydrogen) atoms. The van der Waals surface area contributed by atoms with Crippen molar-refractivity contribution in [1.82, 2.24) is 0 Å². The van der Waals surface area contributed by atoms with Crippen LogP contribution in [0.15, 0.2) is 0 Å². The first-order valence-electron chi connectivity index (χ1n) is 6.00. The maximum absolute atomic E-state index is 11.5. The molecule has 1 fully saturated rings. The predicted molar refractivity (Wildman–Crippen MR) is 70.7 cm³/mol. The van der Waals surface area contributed by atoms with E-state index in [1.165, 1.54) is 0 Å². The Morgan fingerprint density at radius 3 is 2.22 bits per heavy atom. The number of ether oxygens (including phenoxy) is 2. The van der Waals surface area contributed by atoms with Crippen molar-refractivity contribution in [1.29, 1.82) is 0 Å². The lowest BCUT2D eigenvalue weighted by Gasteiger charge is -2.20. The van der Waals surface area contributed by atoms with Crippen LogP contribution in [0.3, 0.4) is 0 Å². The van der Waals surface area contributed by atoms with Gasteiger partial charge in [-0.2, -0.15) is 8.62 Å². The van der Waals surface area contributed by atoms with Crippen LogP contribution in [-0.2, 0) is 36.3 Å². The molecule has 1 aliphatic heterocycles. The van der Waals surface area contributed by atoms with Crippen LogP contribution in [0.1, 0.15) is 13.3 Å². The van der Waals surface area contributed by atoms with Gasteiger partial charge in [0.1, 0.15) is 12.9 Å². The SMILES string of the molecule is C[C@H]1C[C@H](OCO)[C@@H](COP(=O)(O)OP(=O)(O)OP(=O)(O)O)O1. The van der Waals surface area contributed by atoms with Crippen molar-refractivity contribution in [2.75, 3.05) is 13.4 Å². The molecular formula is C7H17O13P3. The molecule has 16 heteroatoms. The third-order valence-electron chi connectivity index (χ3n) is 2.49. The molecule has 0 saturated carbocycles. The van der Waals surface area contributed by atoms with Crippen molar-refractivity contribution in [3.05, 3.63) is 0 Å². The van der Waals surface area contributed by atoms with Crippen molar-refractivity contribution < 1.29 is 61.0 Å². The quantitative estimate of drug-likeness (QED) is 0.252. The number of phosphoric ester groups is 1. The molecule has 1 rings (SSSR count).